The van der Waals surface area contributed by atoms with Crippen LogP contribution in [-0.2, 0) is 9.59 Å². The van der Waals surface area contributed by atoms with Crippen molar-refractivity contribution in [2.24, 2.45) is 5.92 Å². The largest absolute Gasteiger partial charge is 0.481 e. The molecule has 94 valence electrons. The highest BCUT2D eigenvalue weighted by Crippen LogP contribution is 2.41. The summed E-state index contributed by atoms with van der Waals surface area (Å²) in [6.07, 6.45) is -1.67. The minimum Gasteiger partial charge on any atom is -0.481 e. The van der Waals surface area contributed by atoms with Crippen LogP contribution in [0.15, 0.2) is 18.2 Å². The molecule has 0 fully saturated rings. The minimum atomic E-state index is -1.78. The lowest BCUT2D eigenvalue weighted by Gasteiger charge is -2.25. The van der Waals surface area contributed by atoms with E-state index < -0.39 is 40.3 Å². The van der Waals surface area contributed by atoms with Gasteiger partial charge in [0.1, 0.15) is 6.10 Å². The molecule has 0 aromatic heterocycles. The molecule has 0 saturated heterocycles. The molecular formula is C10H7NO7. The number of hydrogen-bond donors (Lipinski definition) is 2. The van der Waals surface area contributed by atoms with Crippen LogP contribution < -0.4 is 4.74 Å². The number of nitrogens with zero attached hydrogens (tertiary/aromatic N) is 1. The molecule has 1 aliphatic rings. The molecule has 1 aliphatic heterocycles. The Hall–Kier alpha value is -2.48. The zero-order valence-corrected chi connectivity index (χ0v) is 8.77. The molecule has 8 heteroatoms. The van der Waals surface area contributed by atoms with Crippen molar-refractivity contribution in [3.05, 3.63) is 33.9 Å². The molecule has 1 aromatic carbocycles. The second-order valence-corrected chi connectivity index (χ2v) is 3.63. The van der Waals surface area contributed by atoms with Crippen LogP contribution in [-0.4, -0.2) is 27.1 Å². The van der Waals surface area contributed by atoms with Gasteiger partial charge in [0.05, 0.1) is 4.92 Å². The first-order valence-corrected chi connectivity index (χ1v) is 4.83. The molecule has 0 aliphatic carbocycles. The molecule has 2 atom stereocenters. The first kappa shape index (κ1) is 12.0. The highest BCUT2D eigenvalue weighted by molar-refractivity contribution is 5.97. The predicted molar refractivity (Wildman–Crippen MR) is 54.8 cm³/mol. The lowest BCUT2D eigenvalue weighted by atomic mass is 9.92. The van der Waals surface area contributed by atoms with Gasteiger partial charge in [-0.1, -0.05) is 12.1 Å². The molecule has 0 bridgehead atoms. The number of carbonyl (C=O) groups excluding carboxylic acids is 1. The van der Waals surface area contributed by atoms with E-state index in [4.69, 9.17) is 5.11 Å². The van der Waals surface area contributed by atoms with E-state index in [1.807, 2.05) is 0 Å². The Bertz CT molecular complexity index is 553. The van der Waals surface area contributed by atoms with Crippen molar-refractivity contribution in [3.63, 3.8) is 0 Å². The van der Waals surface area contributed by atoms with E-state index >= 15 is 0 Å². The van der Waals surface area contributed by atoms with Gasteiger partial charge in [-0.3, -0.25) is 19.7 Å². The van der Waals surface area contributed by atoms with E-state index in [0.717, 1.165) is 6.07 Å². The molecular weight excluding hydrogens is 246 g/mol. The smallest absolute Gasteiger partial charge is 0.329 e. The van der Waals surface area contributed by atoms with Crippen molar-refractivity contribution in [1.29, 1.82) is 0 Å². The molecule has 0 amide bonds. The molecule has 18 heavy (non-hydrogen) atoms. The van der Waals surface area contributed by atoms with Crippen molar-refractivity contribution in [1.82, 2.24) is 0 Å². The van der Waals surface area contributed by atoms with E-state index in [0.29, 0.717) is 0 Å². The summed E-state index contributed by atoms with van der Waals surface area (Å²) in [5, 5.41) is 29.3. The number of carbonyl (C=O) groups is 2. The molecule has 0 saturated carbocycles. The number of para-hydroxylation sites is 1. The van der Waals surface area contributed by atoms with Gasteiger partial charge in [0, 0.05) is 11.6 Å². The second kappa shape index (κ2) is 4.08. The number of hydrogen-bond acceptors (Lipinski definition) is 6. The predicted octanol–water partition coefficient (Wildman–Crippen LogP) is 0.248. The summed E-state index contributed by atoms with van der Waals surface area (Å²) in [4.78, 5) is 32.1. The third kappa shape index (κ3) is 1.68. The lowest BCUT2D eigenvalue weighted by Crippen LogP contribution is -2.37. The molecule has 0 unspecified atom stereocenters. The van der Waals surface area contributed by atoms with Gasteiger partial charge in [0.2, 0.25) is 5.75 Å². The van der Waals surface area contributed by atoms with Crippen LogP contribution in [0.3, 0.4) is 0 Å². The Labute approximate surface area is 99.6 Å². The van der Waals surface area contributed by atoms with E-state index in [1.54, 1.807) is 0 Å². The van der Waals surface area contributed by atoms with E-state index in [1.165, 1.54) is 12.1 Å². The number of esters is 1. The minimum absolute atomic E-state index is 0.0869. The molecule has 1 aromatic rings. The van der Waals surface area contributed by atoms with E-state index in [-0.39, 0.29) is 5.56 Å². The van der Waals surface area contributed by atoms with Crippen LogP contribution in [0.5, 0.6) is 5.75 Å². The number of carboxylic acid groups (broad SMARTS) is 1. The second-order valence-electron chi connectivity index (χ2n) is 3.63. The fourth-order valence-corrected chi connectivity index (χ4v) is 1.74. The summed E-state index contributed by atoms with van der Waals surface area (Å²) in [7, 11) is 0. The Kier molecular flexibility index (Phi) is 2.71. The number of carboxylic acids is 1. The fraction of sp³-hybridized carbons (Fsp3) is 0.200. The van der Waals surface area contributed by atoms with E-state index in [9.17, 15) is 24.8 Å². The van der Waals surface area contributed by atoms with Crippen molar-refractivity contribution in [3.8, 4) is 5.75 Å². The number of ether oxygens (including phenoxy) is 1. The van der Waals surface area contributed by atoms with Gasteiger partial charge in [-0.25, -0.2) is 0 Å². The highest BCUT2D eigenvalue weighted by Gasteiger charge is 2.44. The maximum absolute atomic E-state index is 11.4. The maximum atomic E-state index is 11.4. The molecule has 8 nitrogen and oxygen atoms in total. The van der Waals surface area contributed by atoms with Gasteiger partial charge in [-0.05, 0) is 0 Å². The Morgan fingerprint density at radius 2 is 2.11 bits per heavy atom. The van der Waals surface area contributed by atoms with Crippen LogP contribution in [0.25, 0.3) is 0 Å². The fourth-order valence-electron chi connectivity index (χ4n) is 1.74. The third-order valence-electron chi connectivity index (χ3n) is 2.58. The first-order valence-electron chi connectivity index (χ1n) is 4.83. The standard InChI is InChI=1S/C10H7NO7/c12-7-4-2-1-3-5(11(16)17)8(4)18-10(15)6(7)9(13)14/h1-3,6-7,12H,(H,13,14)/t6-,7+/m0/s1. The Balaban J connectivity index is 2.58. The number of fused-ring (bicyclic) bond motifs is 1. The Morgan fingerprint density at radius 1 is 1.44 bits per heavy atom. The van der Waals surface area contributed by atoms with Crippen LogP contribution in [0.1, 0.15) is 11.7 Å². The number of aliphatic hydroxyl groups is 1. The van der Waals surface area contributed by atoms with Crippen LogP contribution in [0.4, 0.5) is 5.69 Å². The molecule has 2 rings (SSSR count). The zero-order chi connectivity index (χ0) is 13.4. The van der Waals surface area contributed by atoms with Gasteiger partial charge in [-0.2, -0.15) is 0 Å². The van der Waals surface area contributed by atoms with Crippen molar-refractivity contribution in [2.45, 2.75) is 6.10 Å². The third-order valence-corrected chi connectivity index (χ3v) is 2.58. The van der Waals surface area contributed by atoms with Gasteiger partial charge < -0.3 is 14.9 Å². The highest BCUT2D eigenvalue weighted by atomic mass is 16.6. The van der Waals surface area contributed by atoms with Gasteiger partial charge in [0.25, 0.3) is 0 Å². The van der Waals surface area contributed by atoms with Crippen molar-refractivity contribution >= 4 is 17.6 Å². The number of nitro groups is 1. The topological polar surface area (TPSA) is 127 Å². The summed E-state index contributed by atoms with van der Waals surface area (Å²) in [6.45, 7) is 0. The SMILES string of the molecule is O=C(O)[C@H]1C(=O)Oc2c(cccc2[N+](=O)[O-])[C@H]1O. The quantitative estimate of drug-likeness (QED) is 0.254. The average Bonchev–Trinajstić information content (AvgIpc) is 2.27. The number of benzene rings is 1. The molecule has 1 heterocycles. The number of rotatable bonds is 2. The summed E-state index contributed by atoms with van der Waals surface area (Å²) in [5.41, 5.74) is -0.583. The summed E-state index contributed by atoms with van der Waals surface area (Å²) < 4.78 is 4.65. The van der Waals surface area contributed by atoms with Crippen molar-refractivity contribution in [2.75, 3.05) is 0 Å². The lowest BCUT2D eigenvalue weighted by molar-refractivity contribution is -0.385. The summed E-state index contributed by atoms with van der Waals surface area (Å²) >= 11 is 0. The van der Waals surface area contributed by atoms with Crippen LogP contribution >= 0.6 is 0 Å². The monoisotopic (exact) mass is 253 g/mol. The van der Waals surface area contributed by atoms with Gasteiger partial charge in [0.15, 0.2) is 5.92 Å². The number of aliphatic hydroxyl groups excluding tert-OH is 1. The first-order chi connectivity index (χ1) is 8.43. The number of aliphatic carboxylic acids is 1. The molecule has 0 radical (unpaired) electrons. The Morgan fingerprint density at radius 3 is 2.67 bits per heavy atom. The average molecular weight is 253 g/mol. The molecule has 2 N–H and O–H groups in total. The summed E-state index contributed by atoms with van der Waals surface area (Å²) in [6, 6.07) is 3.65. The van der Waals surface area contributed by atoms with Gasteiger partial charge in [-0.15, -0.1) is 0 Å². The van der Waals surface area contributed by atoms with Gasteiger partial charge >= 0.3 is 17.6 Å². The maximum Gasteiger partial charge on any atom is 0.329 e. The van der Waals surface area contributed by atoms with Crippen LogP contribution in [0.2, 0.25) is 0 Å². The van der Waals surface area contributed by atoms with E-state index in [2.05, 4.69) is 4.74 Å². The number of nitro benzene ring substituents is 1. The van der Waals surface area contributed by atoms with Crippen LogP contribution in [0, 0.1) is 16.0 Å². The van der Waals surface area contributed by atoms with Crippen molar-refractivity contribution < 1.29 is 29.5 Å². The molecule has 0 spiro atoms. The normalized spacial score (nSPS) is 21.9. The summed E-state index contributed by atoms with van der Waals surface area (Å²) in [5.74, 6) is -4.96. The zero-order valence-electron chi connectivity index (χ0n) is 8.77.